The molecule has 2 aliphatic heterocycles. The Morgan fingerprint density at radius 2 is 2.31 bits per heavy atom. The van der Waals surface area contributed by atoms with Crippen LogP contribution in [0.3, 0.4) is 0 Å². The van der Waals surface area contributed by atoms with Crippen molar-refractivity contribution in [1.82, 2.24) is 10.2 Å². The summed E-state index contributed by atoms with van der Waals surface area (Å²) in [7, 11) is 0. The molecule has 0 aliphatic carbocycles. The standard InChI is InChI=1S/C11H21N3OS/c1-10-8-13-11(16-9-10)12-2-3-14-4-6-15-7-5-14/h10H,2-9H2,1H3,(H,12,13). The lowest BCUT2D eigenvalue weighted by molar-refractivity contribution is 0.0389. The lowest BCUT2D eigenvalue weighted by Gasteiger charge is -2.27. The number of nitrogens with one attached hydrogen (secondary N) is 1. The van der Waals surface area contributed by atoms with Crippen molar-refractivity contribution in [3.05, 3.63) is 0 Å². The van der Waals surface area contributed by atoms with Gasteiger partial charge in [0.1, 0.15) is 0 Å². The summed E-state index contributed by atoms with van der Waals surface area (Å²) >= 11 is 1.85. The van der Waals surface area contributed by atoms with Gasteiger partial charge in [0.25, 0.3) is 0 Å². The van der Waals surface area contributed by atoms with E-state index in [1.54, 1.807) is 0 Å². The molecule has 2 aliphatic rings. The largest absolute Gasteiger partial charge is 0.379 e. The normalized spacial score (nSPS) is 27.6. The van der Waals surface area contributed by atoms with Crippen molar-refractivity contribution in [2.45, 2.75) is 6.92 Å². The fourth-order valence-electron chi connectivity index (χ4n) is 1.81. The zero-order valence-corrected chi connectivity index (χ0v) is 10.8. The highest BCUT2D eigenvalue weighted by atomic mass is 32.2. The number of aliphatic imine (C=N–C) groups is 1. The van der Waals surface area contributed by atoms with Gasteiger partial charge in [-0.15, -0.1) is 0 Å². The summed E-state index contributed by atoms with van der Waals surface area (Å²) in [6, 6.07) is 0. The maximum atomic E-state index is 5.32. The molecule has 0 aromatic rings. The third-order valence-corrected chi connectivity index (χ3v) is 4.14. The Morgan fingerprint density at radius 3 is 3.00 bits per heavy atom. The van der Waals surface area contributed by atoms with Crippen LogP contribution >= 0.6 is 11.8 Å². The Bertz CT molecular complexity index is 241. The first-order valence-corrected chi connectivity index (χ1v) is 7.04. The van der Waals surface area contributed by atoms with Crippen molar-refractivity contribution in [2.75, 3.05) is 51.7 Å². The van der Waals surface area contributed by atoms with Crippen LogP contribution in [0.2, 0.25) is 0 Å². The van der Waals surface area contributed by atoms with Crippen molar-refractivity contribution >= 4 is 16.9 Å². The third-order valence-electron chi connectivity index (χ3n) is 2.86. The van der Waals surface area contributed by atoms with Gasteiger partial charge in [0.2, 0.25) is 0 Å². The van der Waals surface area contributed by atoms with Gasteiger partial charge in [-0.25, -0.2) is 0 Å². The van der Waals surface area contributed by atoms with Gasteiger partial charge in [-0.1, -0.05) is 18.7 Å². The van der Waals surface area contributed by atoms with Crippen molar-refractivity contribution < 1.29 is 4.74 Å². The fourth-order valence-corrected chi connectivity index (χ4v) is 2.73. The van der Waals surface area contributed by atoms with E-state index in [-0.39, 0.29) is 0 Å². The number of rotatable bonds is 3. The van der Waals surface area contributed by atoms with Crippen LogP contribution in [-0.2, 0) is 4.74 Å². The maximum Gasteiger partial charge on any atom is 0.156 e. The van der Waals surface area contributed by atoms with Crippen LogP contribution in [0.1, 0.15) is 6.92 Å². The molecule has 5 heteroatoms. The smallest absolute Gasteiger partial charge is 0.156 e. The molecule has 2 heterocycles. The molecule has 0 aromatic heterocycles. The molecule has 1 fully saturated rings. The second-order valence-electron chi connectivity index (χ2n) is 4.44. The highest BCUT2D eigenvalue weighted by Gasteiger charge is 2.13. The van der Waals surface area contributed by atoms with Crippen molar-refractivity contribution in [2.24, 2.45) is 10.9 Å². The van der Waals surface area contributed by atoms with Crippen LogP contribution in [0.25, 0.3) is 0 Å². The van der Waals surface area contributed by atoms with E-state index in [4.69, 9.17) is 4.74 Å². The monoisotopic (exact) mass is 243 g/mol. The second-order valence-corrected chi connectivity index (χ2v) is 5.45. The number of ether oxygens (including phenoxy) is 1. The number of hydrogen-bond acceptors (Lipinski definition) is 5. The molecule has 1 N–H and O–H groups in total. The Hall–Kier alpha value is -0.260. The number of amidine groups is 1. The van der Waals surface area contributed by atoms with Gasteiger partial charge >= 0.3 is 0 Å². The Balaban J connectivity index is 1.60. The van der Waals surface area contributed by atoms with Crippen LogP contribution in [0.5, 0.6) is 0 Å². The third kappa shape index (κ3) is 3.96. The number of nitrogens with zero attached hydrogens (tertiary/aromatic N) is 2. The molecule has 0 radical (unpaired) electrons. The SMILES string of the molecule is CC1CN=C(NCCN2CCOCC2)SC1. The van der Waals surface area contributed by atoms with Crippen LogP contribution in [0, 0.1) is 5.92 Å². The molecular weight excluding hydrogens is 222 g/mol. The van der Waals surface area contributed by atoms with E-state index in [9.17, 15) is 0 Å². The molecule has 4 nitrogen and oxygen atoms in total. The minimum Gasteiger partial charge on any atom is -0.379 e. The van der Waals surface area contributed by atoms with Crippen LogP contribution < -0.4 is 5.32 Å². The first-order valence-electron chi connectivity index (χ1n) is 6.06. The maximum absolute atomic E-state index is 5.32. The summed E-state index contributed by atoms with van der Waals surface area (Å²) in [6.07, 6.45) is 0. The van der Waals surface area contributed by atoms with Gasteiger partial charge in [-0.2, -0.15) is 0 Å². The summed E-state index contributed by atoms with van der Waals surface area (Å²) in [6.45, 7) is 9.23. The van der Waals surface area contributed by atoms with Gasteiger partial charge in [-0.3, -0.25) is 9.89 Å². The van der Waals surface area contributed by atoms with E-state index in [0.717, 1.165) is 57.0 Å². The average molecular weight is 243 g/mol. The highest BCUT2D eigenvalue weighted by molar-refractivity contribution is 8.13. The van der Waals surface area contributed by atoms with Gasteiger partial charge in [0.05, 0.1) is 13.2 Å². The van der Waals surface area contributed by atoms with Crippen LogP contribution in [0.15, 0.2) is 4.99 Å². The van der Waals surface area contributed by atoms with Crippen molar-refractivity contribution in [3.8, 4) is 0 Å². The number of hydrogen-bond donors (Lipinski definition) is 1. The minimum atomic E-state index is 0.731. The van der Waals surface area contributed by atoms with E-state index in [1.807, 2.05) is 11.8 Å². The van der Waals surface area contributed by atoms with E-state index in [1.165, 1.54) is 5.75 Å². The van der Waals surface area contributed by atoms with Crippen molar-refractivity contribution in [1.29, 1.82) is 0 Å². The van der Waals surface area contributed by atoms with Gasteiger partial charge in [0.15, 0.2) is 5.17 Å². The number of thioether (sulfide) groups is 1. The quantitative estimate of drug-likeness (QED) is 0.789. The summed E-state index contributed by atoms with van der Waals surface area (Å²) in [5.41, 5.74) is 0. The zero-order valence-electron chi connectivity index (χ0n) is 9.95. The lowest BCUT2D eigenvalue weighted by Crippen LogP contribution is -2.41. The van der Waals surface area contributed by atoms with E-state index >= 15 is 0 Å². The Morgan fingerprint density at radius 1 is 1.50 bits per heavy atom. The molecule has 0 amide bonds. The molecule has 1 saturated heterocycles. The molecule has 2 rings (SSSR count). The predicted molar refractivity (Wildman–Crippen MR) is 69.2 cm³/mol. The average Bonchev–Trinajstić information content (AvgIpc) is 2.33. The molecule has 0 bridgehead atoms. The van der Waals surface area contributed by atoms with Gasteiger partial charge in [-0.05, 0) is 5.92 Å². The topological polar surface area (TPSA) is 36.9 Å². The first kappa shape index (κ1) is 12.2. The molecule has 0 aromatic carbocycles. The predicted octanol–water partition coefficient (Wildman–Crippen LogP) is 0.647. The minimum absolute atomic E-state index is 0.731. The first-order chi connectivity index (χ1) is 7.84. The molecular formula is C11H21N3OS. The van der Waals surface area contributed by atoms with Crippen LogP contribution in [0.4, 0.5) is 0 Å². The molecule has 0 saturated carbocycles. The lowest BCUT2D eigenvalue weighted by atomic mass is 10.2. The summed E-state index contributed by atoms with van der Waals surface area (Å²) in [5, 5.41) is 4.55. The molecule has 16 heavy (non-hydrogen) atoms. The molecule has 0 spiro atoms. The van der Waals surface area contributed by atoms with Gasteiger partial charge in [0, 0.05) is 38.5 Å². The van der Waals surface area contributed by atoms with Gasteiger partial charge < -0.3 is 10.1 Å². The second kappa shape index (κ2) is 6.47. The zero-order chi connectivity index (χ0) is 11.2. The van der Waals surface area contributed by atoms with E-state index in [2.05, 4.69) is 22.1 Å². The van der Waals surface area contributed by atoms with Crippen LogP contribution in [-0.4, -0.2) is 61.8 Å². The fraction of sp³-hybridized carbons (Fsp3) is 0.909. The summed E-state index contributed by atoms with van der Waals surface area (Å²) < 4.78 is 5.32. The summed E-state index contributed by atoms with van der Waals surface area (Å²) in [5.74, 6) is 1.93. The van der Waals surface area contributed by atoms with E-state index in [0.29, 0.717) is 0 Å². The van der Waals surface area contributed by atoms with Crippen molar-refractivity contribution in [3.63, 3.8) is 0 Å². The summed E-state index contributed by atoms with van der Waals surface area (Å²) in [4.78, 5) is 6.96. The molecule has 1 atom stereocenters. The molecule has 1 unspecified atom stereocenters. The Kier molecular flexibility index (Phi) is 4.93. The molecule has 92 valence electrons. The highest BCUT2D eigenvalue weighted by Crippen LogP contribution is 2.15. The Labute approximate surface area is 102 Å². The van der Waals surface area contributed by atoms with E-state index < -0.39 is 0 Å². The number of morpholine rings is 1.